The molecular weight excluding hydrogens is 498 g/mol. The second kappa shape index (κ2) is 14.1. The highest BCUT2D eigenvalue weighted by Crippen LogP contribution is 2.42. The van der Waals surface area contributed by atoms with Crippen molar-refractivity contribution < 1.29 is 20.1 Å². The second-order valence-corrected chi connectivity index (χ2v) is 10.8. The van der Waals surface area contributed by atoms with Crippen molar-refractivity contribution in [2.24, 2.45) is 5.92 Å². The van der Waals surface area contributed by atoms with Crippen molar-refractivity contribution in [2.75, 3.05) is 19.6 Å². The molecule has 6 heteroatoms. The van der Waals surface area contributed by atoms with E-state index in [1.807, 2.05) is 74.5 Å². The molecule has 2 aromatic rings. The second-order valence-electron chi connectivity index (χ2n) is 10.8. The number of allylic oxidation sites excluding steroid dienone is 3. The molecule has 0 aliphatic carbocycles. The van der Waals surface area contributed by atoms with E-state index in [0.29, 0.717) is 6.42 Å². The van der Waals surface area contributed by atoms with Crippen LogP contribution in [0.2, 0.25) is 0 Å². The Morgan fingerprint density at radius 1 is 1.05 bits per heavy atom. The zero-order chi connectivity index (χ0) is 27.1. The third kappa shape index (κ3) is 7.35. The summed E-state index contributed by atoms with van der Waals surface area (Å²) in [4.78, 5) is 13.9. The minimum absolute atomic E-state index is 0. The molecule has 1 saturated heterocycles. The molecule has 208 valence electrons. The molecule has 2 aromatic carbocycles. The summed E-state index contributed by atoms with van der Waals surface area (Å²) in [6.45, 7) is 10.1. The first kappa shape index (κ1) is 31.8. The summed E-state index contributed by atoms with van der Waals surface area (Å²) in [5.41, 5.74) is 1.53. The number of hydrogen-bond donors (Lipinski definition) is 3. The minimum Gasteiger partial charge on any atom is -0.481 e. The number of carbonyl (C=O) groups is 1. The number of nitrogens with zero attached hydrogens (tertiary/aromatic N) is 1. The maximum atomic E-state index is 12.0. The maximum absolute atomic E-state index is 12.0. The average molecular weight is 542 g/mol. The minimum atomic E-state index is -0.982. The summed E-state index contributed by atoms with van der Waals surface area (Å²) in [5.74, 6) is -0.720. The van der Waals surface area contributed by atoms with Crippen LogP contribution in [0.4, 0.5) is 0 Å². The van der Waals surface area contributed by atoms with Gasteiger partial charge >= 0.3 is 5.97 Å². The molecule has 0 bridgehead atoms. The maximum Gasteiger partial charge on any atom is 0.313 e. The first-order valence-corrected chi connectivity index (χ1v) is 13.4. The first-order valence-electron chi connectivity index (χ1n) is 13.4. The number of carboxylic acid groups (broad SMARTS) is 1. The van der Waals surface area contributed by atoms with Crippen molar-refractivity contribution in [3.63, 3.8) is 0 Å². The van der Waals surface area contributed by atoms with E-state index in [4.69, 9.17) is 0 Å². The van der Waals surface area contributed by atoms with Crippen LogP contribution < -0.4 is 0 Å². The first-order chi connectivity index (χ1) is 17.6. The van der Waals surface area contributed by atoms with Gasteiger partial charge in [0.25, 0.3) is 0 Å². The van der Waals surface area contributed by atoms with Crippen LogP contribution in [0.1, 0.15) is 76.2 Å². The largest absolute Gasteiger partial charge is 0.481 e. The Kier molecular flexibility index (Phi) is 11.8. The van der Waals surface area contributed by atoms with Crippen molar-refractivity contribution in [2.45, 2.75) is 70.5 Å². The highest BCUT2D eigenvalue weighted by atomic mass is 35.5. The molecule has 0 spiro atoms. The molecule has 0 amide bonds. The smallest absolute Gasteiger partial charge is 0.313 e. The molecule has 3 N–H and O–H groups in total. The zero-order valence-electron chi connectivity index (χ0n) is 23.1. The molecule has 1 aliphatic rings. The fraction of sp³-hybridized carbons (Fsp3) is 0.469. The van der Waals surface area contributed by atoms with E-state index < -0.39 is 23.1 Å². The van der Waals surface area contributed by atoms with E-state index in [9.17, 15) is 20.1 Å². The van der Waals surface area contributed by atoms with Crippen LogP contribution in [0.15, 0.2) is 78.4 Å². The molecule has 38 heavy (non-hydrogen) atoms. The molecule has 3 rings (SSSR count). The van der Waals surface area contributed by atoms with Gasteiger partial charge in [-0.05, 0) is 101 Å². The quantitative estimate of drug-likeness (QED) is 0.286. The van der Waals surface area contributed by atoms with Crippen LogP contribution in [-0.4, -0.2) is 45.8 Å². The third-order valence-electron chi connectivity index (χ3n) is 8.04. The number of benzene rings is 2. The van der Waals surface area contributed by atoms with E-state index in [0.717, 1.165) is 61.2 Å². The third-order valence-corrected chi connectivity index (χ3v) is 8.04. The van der Waals surface area contributed by atoms with Gasteiger partial charge in [0.15, 0.2) is 0 Å². The van der Waals surface area contributed by atoms with Gasteiger partial charge in [0.1, 0.15) is 5.60 Å². The SMILES string of the molecule is C/C=C\C=C(/C)C(O)(c1ccccc1)C1CCN(CCCC(O)c2ccc(C(C)(C)C(=O)O)cc2)CC1.Cl. The van der Waals surface area contributed by atoms with Gasteiger partial charge < -0.3 is 20.2 Å². The van der Waals surface area contributed by atoms with Gasteiger partial charge in [-0.2, -0.15) is 0 Å². The number of rotatable bonds is 11. The van der Waals surface area contributed by atoms with Gasteiger partial charge in [0.2, 0.25) is 0 Å². The fourth-order valence-corrected chi connectivity index (χ4v) is 5.34. The lowest BCUT2D eigenvalue weighted by atomic mass is 9.72. The van der Waals surface area contributed by atoms with Crippen molar-refractivity contribution >= 4 is 18.4 Å². The number of likely N-dealkylation sites (tertiary alicyclic amines) is 1. The van der Waals surface area contributed by atoms with Gasteiger partial charge in [0, 0.05) is 0 Å². The van der Waals surface area contributed by atoms with Gasteiger partial charge in [0.05, 0.1) is 11.5 Å². The molecule has 0 saturated carbocycles. The Morgan fingerprint density at radius 2 is 1.66 bits per heavy atom. The number of halogens is 1. The number of aliphatic hydroxyl groups excluding tert-OH is 1. The van der Waals surface area contributed by atoms with Crippen LogP contribution in [0, 0.1) is 5.92 Å². The van der Waals surface area contributed by atoms with E-state index >= 15 is 0 Å². The lowest BCUT2D eigenvalue weighted by Crippen LogP contribution is -2.44. The topological polar surface area (TPSA) is 81.0 Å². The van der Waals surface area contributed by atoms with E-state index in [1.54, 1.807) is 26.0 Å². The van der Waals surface area contributed by atoms with Gasteiger partial charge in [-0.15, -0.1) is 12.4 Å². The predicted octanol–water partition coefficient (Wildman–Crippen LogP) is 6.41. The predicted molar refractivity (Wildman–Crippen MR) is 157 cm³/mol. The zero-order valence-corrected chi connectivity index (χ0v) is 24.0. The van der Waals surface area contributed by atoms with Gasteiger partial charge in [-0.3, -0.25) is 4.79 Å². The monoisotopic (exact) mass is 541 g/mol. The van der Waals surface area contributed by atoms with Crippen molar-refractivity contribution in [3.05, 3.63) is 95.1 Å². The average Bonchev–Trinajstić information content (AvgIpc) is 2.92. The molecule has 1 heterocycles. The Hall–Kier alpha value is -2.44. The molecule has 2 atom stereocenters. The molecule has 2 unspecified atom stereocenters. The Balaban J connectivity index is 0.00000507. The molecule has 1 aliphatic heterocycles. The molecule has 5 nitrogen and oxygen atoms in total. The van der Waals surface area contributed by atoms with Crippen molar-refractivity contribution in [1.82, 2.24) is 4.90 Å². The summed E-state index contributed by atoms with van der Waals surface area (Å²) < 4.78 is 0. The molecule has 0 radical (unpaired) electrons. The van der Waals surface area contributed by atoms with Gasteiger partial charge in [-0.1, -0.05) is 72.8 Å². The van der Waals surface area contributed by atoms with Crippen LogP contribution in [-0.2, 0) is 15.8 Å². The van der Waals surface area contributed by atoms with Crippen LogP contribution >= 0.6 is 12.4 Å². The highest BCUT2D eigenvalue weighted by Gasteiger charge is 2.41. The van der Waals surface area contributed by atoms with E-state index in [1.165, 1.54) is 0 Å². The Labute approximate surface area is 234 Å². The van der Waals surface area contributed by atoms with Gasteiger partial charge in [-0.25, -0.2) is 0 Å². The van der Waals surface area contributed by atoms with Crippen molar-refractivity contribution in [3.8, 4) is 0 Å². The van der Waals surface area contributed by atoms with Crippen LogP contribution in [0.25, 0.3) is 0 Å². The van der Waals surface area contributed by atoms with Crippen LogP contribution in [0.3, 0.4) is 0 Å². The number of hydrogen-bond acceptors (Lipinski definition) is 4. The number of piperidine rings is 1. The Morgan fingerprint density at radius 3 is 2.21 bits per heavy atom. The number of aliphatic hydroxyl groups is 2. The number of aliphatic carboxylic acids is 1. The van der Waals surface area contributed by atoms with Crippen LogP contribution in [0.5, 0.6) is 0 Å². The summed E-state index contributed by atoms with van der Waals surface area (Å²) in [6, 6.07) is 17.3. The standard InChI is InChI=1S/C32H43NO4.ClH/c1-5-6-11-24(2)32(37,27-12-8-7-9-13-27)28-19-22-33(23-20-28)21-10-14-29(34)25-15-17-26(18-16-25)31(3,4)30(35)36;/h5-9,11-13,15-18,28-29,34,37H,10,14,19-23H2,1-4H3,(H,35,36);1H/b6-5-,24-11+;. The van der Waals surface area contributed by atoms with Crippen molar-refractivity contribution in [1.29, 1.82) is 0 Å². The molecule has 1 fully saturated rings. The van der Waals surface area contributed by atoms with E-state index in [-0.39, 0.29) is 18.3 Å². The molecule has 0 aromatic heterocycles. The van der Waals surface area contributed by atoms with E-state index in [2.05, 4.69) is 4.90 Å². The summed E-state index contributed by atoms with van der Waals surface area (Å²) in [7, 11) is 0. The summed E-state index contributed by atoms with van der Waals surface area (Å²) in [5, 5.41) is 32.1. The lowest BCUT2D eigenvalue weighted by molar-refractivity contribution is -0.142. The fourth-order valence-electron chi connectivity index (χ4n) is 5.34. The Bertz CT molecular complexity index is 1070. The normalized spacial score (nSPS) is 18.1. The summed E-state index contributed by atoms with van der Waals surface area (Å²) >= 11 is 0. The number of carboxylic acids is 1. The highest BCUT2D eigenvalue weighted by molar-refractivity contribution is 5.85. The lowest BCUT2D eigenvalue weighted by Gasteiger charge is -2.42. The summed E-state index contributed by atoms with van der Waals surface area (Å²) in [6.07, 6.45) is 8.78. The molecular formula is C32H44ClNO4.